The Morgan fingerprint density at radius 3 is 2.43 bits per heavy atom. The maximum Gasteiger partial charge on any atom is 0.433 e. The van der Waals surface area contributed by atoms with E-state index in [-0.39, 0.29) is 5.71 Å². The number of nitrogens with zero attached hydrogens (tertiary/aromatic N) is 1. The van der Waals surface area contributed by atoms with E-state index in [0.717, 1.165) is 12.3 Å². The Bertz CT molecular complexity index is 351. The SMILES string of the molecule is C=CC(=N)c1ccc(C(F)(F)F)nc1. The second-order valence-corrected chi connectivity index (χ2v) is 2.55. The Morgan fingerprint density at radius 2 is 2.07 bits per heavy atom. The highest BCUT2D eigenvalue weighted by Crippen LogP contribution is 2.27. The van der Waals surface area contributed by atoms with Crippen LogP contribution in [0.25, 0.3) is 0 Å². The first-order valence-electron chi connectivity index (χ1n) is 3.70. The van der Waals surface area contributed by atoms with Crippen molar-refractivity contribution in [3.05, 3.63) is 42.2 Å². The molecule has 0 aliphatic carbocycles. The van der Waals surface area contributed by atoms with Crippen LogP contribution >= 0.6 is 0 Å². The Labute approximate surface area is 78.6 Å². The van der Waals surface area contributed by atoms with E-state index in [2.05, 4.69) is 11.6 Å². The van der Waals surface area contributed by atoms with Gasteiger partial charge in [-0.3, -0.25) is 4.98 Å². The fourth-order valence-electron chi connectivity index (χ4n) is 0.839. The standard InChI is InChI=1S/C9H7F3N2/c1-2-7(13)6-3-4-8(14-5-6)9(10,11)12/h2-5,13H,1H2. The second kappa shape index (κ2) is 3.61. The van der Waals surface area contributed by atoms with Crippen molar-refractivity contribution in [2.24, 2.45) is 0 Å². The summed E-state index contributed by atoms with van der Waals surface area (Å²) in [5, 5.41) is 7.27. The average molecular weight is 200 g/mol. The van der Waals surface area contributed by atoms with Crippen molar-refractivity contribution in [3.63, 3.8) is 0 Å². The Balaban J connectivity index is 3.00. The summed E-state index contributed by atoms with van der Waals surface area (Å²) in [6, 6.07) is 2.03. The zero-order chi connectivity index (χ0) is 10.8. The molecule has 1 rings (SSSR count). The van der Waals surface area contributed by atoms with Gasteiger partial charge in [0.05, 0.1) is 5.71 Å². The van der Waals surface area contributed by atoms with Crippen LogP contribution in [0.15, 0.2) is 31.0 Å². The predicted octanol–water partition coefficient (Wildman–Crippen LogP) is 2.65. The normalized spacial score (nSPS) is 11.1. The molecule has 74 valence electrons. The van der Waals surface area contributed by atoms with Crippen LogP contribution in [0.3, 0.4) is 0 Å². The van der Waals surface area contributed by atoms with Gasteiger partial charge in [-0.2, -0.15) is 13.2 Å². The van der Waals surface area contributed by atoms with Crippen LogP contribution in [0, 0.1) is 5.41 Å². The number of hydrogen-bond donors (Lipinski definition) is 1. The maximum atomic E-state index is 12.1. The van der Waals surface area contributed by atoms with Crippen molar-refractivity contribution in [1.29, 1.82) is 5.41 Å². The highest BCUT2D eigenvalue weighted by Gasteiger charge is 2.31. The summed E-state index contributed by atoms with van der Waals surface area (Å²) in [7, 11) is 0. The molecule has 5 heteroatoms. The topological polar surface area (TPSA) is 36.7 Å². The van der Waals surface area contributed by atoms with Crippen molar-refractivity contribution in [3.8, 4) is 0 Å². The maximum absolute atomic E-state index is 12.1. The van der Waals surface area contributed by atoms with Crippen molar-refractivity contribution in [1.82, 2.24) is 4.98 Å². The fourth-order valence-corrected chi connectivity index (χ4v) is 0.839. The van der Waals surface area contributed by atoms with Gasteiger partial charge in [0.15, 0.2) is 0 Å². The molecule has 1 aromatic heterocycles. The lowest BCUT2D eigenvalue weighted by molar-refractivity contribution is -0.141. The van der Waals surface area contributed by atoms with Crippen molar-refractivity contribution in [2.45, 2.75) is 6.18 Å². The van der Waals surface area contributed by atoms with Crippen molar-refractivity contribution in [2.75, 3.05) is 0 Å². The molecular weight excluding hydrogens is 193 g/mol. The number of nitrogens with one attached hydrogen (secondary N) is 1. The Morgan fingerprint density at radius 1 is 1.43 bits per heavy atom. The zero-order valence-electron chi connectivity index (χ0n) is 7.10. The van der Waals surface area contributed by atoms with E-state index < -0.39 is 11.9 Å². The van der Waals surface area contributed by atoms with Gasteiger partial charge in [-0.05, 0) is 18.2 Å². The van der Waals surface area contributed by atoms with Crippen LogP contribution < -0.4 is 0 Å². The quantitative estimate of drug-likeness (QED) is 0.732. The lowest BCUT2D eigenvalue weighted by atomic mass is 10.1. The molecule has 0 saturated carbocycles. The lowest BCUT2D eigenvalue weighted by Crippen LogP contribution is -2.08. The molecule has 0 aliphatic heterocycles. The summed E-state index contributed by atoms with van der Waals surface area (Å²) in [5.41, 5.74) is -0.600. The smallest absolute Gasteiger partial charge is 0.300 e. The van der Waals surface area contributed by atoms with Gasteiger partial charge in [0, 0.05) is 11.8 Å². The van der Waals surface area contributed by atoms with Gasteiger partial charge < -0.3 is 5.41 Å². The van der Waals surface area contributed by atoms with Crippen LogP contribution in [0.5, 0.6) is 0 Å². The van der Waals surface area contributed by atoms with Gasteiger partial charge in [0.25, 0.3) is 0 Å². The number of halogens is 3. The molecule has 0 saturated heterocycles. The molecule has 0 fully saturated rings. The fraction of sp³-hybridized carbons (Fsp3) is 0.111. The molecule has 0 unspecified atom stereocenters. The van der Waals surface area contributed by atoms with E-state index in [4.69, 9.17) is 5.41 Å². The third-order valence-corrected chi connectivity index (χ3v) is 1.57. The predicted molar refractivity (Wildman–Crippen MR) is 46.3 cm³/mol. The molecule has 14 heavy (non-hydrogen) atoms. The molecular formula is C9H7F3N2. The first-order valence-corrected chi connectivity index (χ1v) is 3.70. The minimum atomic E-state index is -4.44. The summed E-state index contributed by atoms with van der Waals surface area (Å²) in [6.45, 7) is 3.33. The van der Waals surface area contributed by atoms with Crippen molar-refractivity contribution < 1.29 is 13.2 Å². The van der Waals surface area contributed by atoms with Gasteiger partial charge in [0.2, 0.25) is 0 Å². The van der Waals surface area contributed by atoms with Crippen molar-refractivity contribution >= 4 is 5.71 Å². The van der Waals surface area contributed by atoms with E-state index in [1.165, 1.54) is 12.1 Å². The summed E-state index contributed by atoms with van der Waals surface area (Å²) in [5.74, 6) is 0. The minimum Gasteiger partial charge on any atom is -0.300 e. The highest BCUT2D eigenvalue weighted by atomic mass is 19.4. The molecule has 1 aromatic rings. The molecule has 1 N–H and O–H groups in total. The molecule has 0 bridgehead atoms. The zero-order valence-corrected chi connectivity index (χ0v) is 7.10. The van der Waals surface area contributed by atoms with Crippen LogP contribution in [0.4, 0.5) is 13.2 Å². The molecule has 0 amide bonds. The minimum absolute atomic E-state index is 0.0474. The summed E-state index contributed by atoms with van der Waals surface area (Å²) < 4.78 is 36.2. The van der Waals surface area contributed by atoms with Gasteiger partial charge in [-0.1, -0.05) is 6.58 Å². The third-order valence-electron chi connectivity index (χ3n) is 1.57. The summed E-state index contributed by atoms with van der Waals surface area (Å²) >= 11 is 0. The van der Waals surface area contributed by atoms with Gasteiger partial charge in [-0.25, -0.2) is 0 Å². The molecule has 0 atom stereocenters. The number of rotatable bonds is 2. The van der Waals surface area contributed by atoms with Gasteiger partial charge in [-0.15, -0.1) is 0 Å². The molecule has 0 aromatic carbocycles. The number of aromatic nitrogens is 1. The van der Waals surface area contributed by atoms with Crippen LogP contribution in [-0.2, 0) is 6.18 Å². The van der Waals surface area contributed by atoms with E-state index in [1.54, 1.807) is 0 Å². The first-order chi connectivity index (χ1) is 6.45. The number of allylic oxidation sites excluding steroid dienone is 1. The largest absolute Gasteiger partial charge is 0.433 e. The van der Waals surface area contributed by atoms with E-state index in [0.29, 0.717) is 5.56 Å². The van der Waals surface area contributed by atoms with E-state index in [9.17, 15) is 13.2 Å². The summed E-state index contributed by atoms with van der Waals surface area (Å²) in [6.07, 6.45) is -2.19. The first kappa shape index (κ1) is 10.4. The van der Waals surface area contributed by atoms with Crippen LogP contribution in [0.1, 0.15) is 11.3 Å². The molecule has 2 nitrogen and oxygen atoms in total. The number of hydrogen-bond acceptors (Lipinski definition) is 2. The van der Waals surface area contributed by atoms with Crippen LogP contribution in [0.2, 0.25) is 0 Å². The van der Waals surface area contributed by atoms with Gasteiger partial charge >= 0.3 is 6.18 Å². The molecule has 0 radical (unpaired) electrons. The van der Waals surface area contributed by atoms with Gasteiger partial charge in [0.1, 0.15) is 5.69 Å². The van der Waals surface area contributed by atoms with E-state index >= 15 is 0 Å². The number of alkyl halides is 3. The Kier molecular flexibility index (Phi) is 2.69. The monoisotopic (exact) mass is 200 g/mol. The van der Waals surface area contributed by atoms with Crippen LogP contribution in [-0.4, -0.2) is 10.7 Å². The molecule has 0 aliphatic rings. The Hall–Kier alpha value is -1.65. The average Bonchev–Trinajstić information content (AvgIpc) is 2.15. The molecule has 0 spiro atoms. The highest BCUT2D eigenvalue weighted by molar-refractivity contribution is 6.05. The summed E-state index contributed by atoms with van der Waals surface area (Å²) in [4.78, 5) is 3.21. The third kappa shape index (κ3) is 2.18. The number of pyridine rings is 1. The second-order valence-electron chi connectivity index (χ2n) is 2.55. The molecule has 1 heterocycles. The lowest BCUT2D eigenvalue weighted by Gasteiger charge is -2.05. The van der Waals surface area contributed by atoms with E-state index in [1.807, 2.05) is 0 Å².